The highest BCUT2D eigenvalue weighted by atomic mass is 19.3. The molecule has 0 aliphatic rings. The second-order valence-corrected chi connectivity index (χ2v) is 6.54. The van der Waals surface area contributed by atoms with E-state index in [1.165, 1.54) is 24.8 Å². The topological polar surface area (TPSA) is 0 Å². The lowest BCUT2D eigenvalue weighted by Crippen LogP contribution is -2.12. The fourth-order valence-electron chi connectivity index (χ4n) is 2.89. The molecule has 0 saturated heterocycles. The van der Waals surface area contributed by atoms with Crippen LogP contribution < -0.4 is 0 Å². The number of rotatable bonds is 9. The molecule has 0 aliphatic carbocycles. The van der Waals surface area contributed by atoms with Crippen LogP contribution in [-0.4, -0.2) is 0 Å². The fraction of sp³-hybridized carbons (Fsp3) is 0.455. The van der Waals surface area contributed by atoms with Gasteiger partial charge >= 0.3 is 0 Å². The van der Waals surface area contributed by atoms with Crippen molar-refractivity contribution in [2.45, 2.75) is 64.7 Å². The van der Waals surface area contributed by atoms with Crippen LogP contribution in [-0.2, 0) is 12.3 Å². The van der Waals surface area contributed by atoms with Gasteiger partial charge in [0, 0.05) is 12.0 Å². The minimum Gasteiger partial charge on any atom is -0.201 e. The first-order valence-electron chi connectivity index (χ1n) is 9.14. The normalized spacial score (nSPS) is 11.7. The lowest BCUT2D eigenvalue weighted by Gasteiger charge is -2.16. The van der Waals surface area contributed by atoms with Crippen molar-refractivity contribution in [1.82, 2.24) is 0 Å². The Bertz CT molecular complexity index is 597. The molecule has 0 aromatic heterocycles. The minimum absolute atomic E-state index is 0.0741. The van der Waals surface area contributed by atoms with Gasteiger partial charge in [-0.15, -0.1) is 0 Å². The maximum Gasteiger partial charge on any atom is 0.273 e. The quantitative estimate of drug-likeness (QED) is 0.421. The van der Waals surface area contributed by atoms with Gasteiger partial charge in [0.2, 0.25) is 0 Å². The SMILES string of the molecule is CCCCCc1ccc(-c2ccc(C(F)(F)CCCC)cc2)cc1. The van der Waals surface area contributed by atoms with Crippen LogP contribution in [0.25, 0.3) is 11.1 Å². The van der Waals surface area contributed by atoms with Crippen LogP contribution in [0, 0.1) is 0 Å². The zero-order valence-electron chi connectivity index (χ0n) is 14.8. The molecule has 0 heterocycles. The van der Waals surface area contributed by atoms with Crippen molar-refractivity contribution >= 4 is 0 Å². The monoisotopic (exact) mass is 330 g/mol. The van der Waals surface area contributed by atoms with E-state index in [4.69, 9.17) is 0 Å². The molecule has 130 valence electrons. The third kappa shape index (κ3) is 5.15. The molecule has 2 heteroatoms. The Hall–Kier alpha value is -1.70. The molecule has 0 bridgehead atoms. The predicted octanol–water partition coefficient (Wildman–Crippen LogP) is 7.37. The molecular weight excluding hydrogens is 302 g/mol. The molecule has 0 aliphatic heterocycles. The average molecular weight is 330 g/mol. The van der Waals surface area contributed by atoms with Crippen LogP contribution in [0.4, 0.5) is 8.78 Å². The van der Waals surface area contributed by atoms with Crippen molar-refractivity contribution in [3.05, 3.63) is 59.7 Å². The predicted molar refractivity (Wildman–Crippen MR) is 98.5 cm³/mol. The summed E-state index contributed by atoms with van der Waals surface area (Å²) < 4.78 is 28.2. The summed E-state index contributed by atoms with van der Waals surface area (Å²) in [5.41, 5.74) is 3.54. The molecule has 0 N–H and O–H groups in total. The zero-order valence-corrected chi connectivity index (χ0v) is 14.8. The summed E-state index contributed by atoms with van der Waals surface area (Å²) >= 11 is 0. The Morgan fingerprint density at radius 1 is 0.708 bits per heavy atom. The summed E-state index contributed by atoms with van der Waals surface area (Å²) in [5, 5.41) is 0. The van der Waals surface area contributed by atoms with Crippen LogP contribution in [0.1, 0.15) is 63.5 Å². The summed E-state index contributed by atoms with van der Waals surface area (Å²) in [6.45, 7) is 4.14. The molecule has 0 fully saturated rings. The molecule has 2 aromatic carbocycles. The second-order valence-electron chi connectivity index (χ2n) is 6.54. The van der Waals surface area contributed by atoms with Crippen molar-refractivity contribution in [3.8, 4) is 11.1 Å². The van der Waals surface area contributed by atoms with Gasteiger partial charge in [-0.25, -0.2) is 8.78 Å². The van der Waals surface area contributed by atoms with Gasteiger partial charge in [-0.2, -0.15) is 0 Å². The van der Waals surface area contributed by atoms with Crippen LogP contribution >= 0.6 is 0 Å². The third-order valence-corrected chi connectivity index (χ3v) is 4.51. The lowest BCUT2D eigenvalue weighted by molar-refractivity contribution is -0.0154. The van der Waals surface area contributed by atoms with Crippen molar-refractivity contribution in [1.29, 1.82) is 0 Å². The Morgan fingerprint density at radius 3 is 1.79 bits per heavy atom. The number of aryl methyl sites for hydroxylation is 1. The average Bonchev–Trinajstić information content (AvgIpc) is 2.61. The van der Waals surface area contributed by atoms with Gasteiger partial charge in [0.25, 0.3) is 5.92 Å². The standard InChI is InChI=1S/C22H28F2/c1-3-5-7-8-18-9-11-19(12-10-18)20-13-15-21(16-14-20)22(23,24)17-6-4-2/h9-16H,3-8,17H2,1-2H3. The maximum absolute atomic E-state index is 14.1. The smallest absolute Gasteiger partial charge is 0.201 e. The molecule has 0 spiro atoms. The molecule has 2 rings (SSSR count). The molecule has 0 nitrogen and oxygen atoms in total. The van der Waals surface area contributed by atoms with Crippen LogP contribution in [0.2, 0.25) is 0 Å². The first kappa shape index (κ1) is 18.6. The van der Waals surface area contributed by atoms with Gasteiger partial charge < -0.3 is 0 Å². The van der Waals surface area contributed by atoms with Gasteiger partial charge in [-0.05, 0) is 36.0 Å². The van der Waals surface area contributed by atoms with E-state index in [2.05, 4.69) is 31.2 Å². The van der Waals surface area contributed by atoms with Gasteiger partial charge in [0.1, 0.15) is 0 Å². The number of hydrogen-bond donors (Lipinski definition) is 0. The summed E-state index contributed by atoms with van der Waals surface area (Å²) in [5.74, 6) is -2.72. The number of benzene rings is 2. The first-order valence-corrected chi connectivity index (χ1v) is 9.14. The molecule has 0 amide bonds. The van der Waals surface area contributed by atoms with Gasteiger partial charge in [-0.1, -0.05) is 81.6 Å². The first-order chi connectivity index (χ1) is 11.6. The Balaban J connectivity index is 2.05. The van der Waals surface area contributed by atoms with E-state index in [0.717, 1.165) is 24.0 Å². The highest BCUT2D eigenvalue weighted by molar-refractivity contribution is 5.64. The van der Waals surface area contributed by atoms with Crippen LogP contribution in [0.15, 0.2) is 48.5 Å². The van der Waals surface area contributed by atoms with Gasteiger partial charge in [-0.3, -0.25) is 0 Å². The van der Waals surface area contributed by atoms with Crippen molar-refractivity contribution in [2.75, 3.05) is 0 Å². The number of alkyl halides is 2. The highest BCUT2D eigenvalue weighted by Crippen LogP contribution is 2.34. The highest BCUT2D eigenvalue weighted by Gasteiger charge is 2.30. The zero-order chi connectivity index (χ0) is 17.4. The van der Waals surface area contributed by atoms with E-state index in [0.29, 0.717) is 6.42 Å². The summed E-state index contributed by atoms with van der Waals surface area (Å²) in [4.78, 5) is 0. The number of hydrogen-bond acceptors (Lipinski definition) is 0. The van der Waals surface area contributed by atoms with Crippen molar-refractivity contribution in [2.24, 2.45) is 0 Å². The van der Waals surface area contributed by atoms with E-state index in [1.54, 1.807) is 24.3 Å². The third-order valence-electron chi connectivity index (χ3n) is 4.51. The Kier molecular flexibility index (Phi) is 6.96. The second kappa shape index (κ2) is 8.96. The Labute approximate surface area is 144 Å². The fourth-order valence-corrected chi connectivity index (χ4v) is 2.89. The van der Waals surface area contributed by atoms with Crippen LogP contribution in [0.3, 0.4) is 0 Å². The van der Waals surface area contributed by atoms with Crippen molar-refractivity contribution < 1.29 is 8.78 Å². The summed E-state index contributed by atoms with van der Waals surface area (Å²) in [7, 11) is 0. The lowest BCUT2D eigenvalue weighted by atomic mass is 9.97. The van der Waals surface area contributed by atoms with E-state index >= 15 is 0 Å². The van der Waals surface area contributed by atoms with Gasteiger partial charge in [0.05, 0.1) is 0 Å². The molecule has 0 unspecified atom stereocenters. The molecule has 24 heavy (non-hydrogen) atoms. The Morgan fingerprint density at radius 2 is 1.25 bits per heavy atom. The van der Waals surface area contributed by atoms with E-state index < -0.39 is 5.92 Å². The number of unbranched alkanes of at least 4 members (excludes halogenated alkanes) is 3. The molecule has 0 saturated carbocycles. The largest absolute Gasteiger partial charge is 0.273 e. The van der Waals surface area contributed by atoms with E-state index in [1.807, 2.05) is 6.92 Å². The number of halogens is 2. The minimum atomic E-state index is -2.72. The van der Waals surface area contributed by atoms with Gasteiger partial charge in [0.15, 0.2) is 0 Å². The summed E-state index contributed by atoms with van der Waals surface area (Å²) in [6, 6.07) is 15.2. The van der Waals surface area contributed by atoms with Crippen molar-refractivity contribution in [3.63, 3.8) is 0 Å². The molecule has 2 aromatic rings. The maximum atomic E-state index is 14.1. The molecular formula is C22H28F2. The molecule has 0 atom stereocenters. The van der Waals surface area contributed by atoms with Crippen LogP contribution in [0.5, 0.6) is 0 Å². The molecule has 0 radical (unpaired) electrons. The van der Waals surface area contributed by atoms with E-state index in [9.17, 15) is 8.78 Å². The summed E-state index contributed by atoms with van der Waals surface area (Å²) in [6.07, 6.45) is 6.08. The van der Waals surface area contributed by atoms with E-state index in [-0.39, 0.29) is 12.0 Å².